The van der Waals surface area contributed by atoms with Crippen LogP contribution in [-0.2, 0) is 14.4 Å². The number of aliphatic carboxylic acids is 1. The van der Waals surface area contributed by atoms with E-state index in [-0.39, 0.29) is 46.6 Å². The molecule has 0 bridgehead atoms. The molecule has 1 aromatic heterocycles. The quantitative estimate of drug-likeness (QED) is 0.0897. The molecule has 0 saturated carbocycles. The molecule has 0 spiro atoms. The number of rotatable bonds is 13. The lowest BCUT2D eigenvalue weighted by atomic mass is 10.0. The zero-order valence-electron chi connectivity index (χ0n) is 20.6. The molecule has 1 aromatic rings. The van der Waals surface area contributed by atoms with E-state index in [1.807, 2.05) is 11.9 Å². The van der Waals surface area contributed by atoms with Crippen molar-refractivity contribution in [2.45, 2.75) is 24.6 Å². The zero-order chi connectivity index (χ0) is 27.1. The number of carbonyl (C=O) groups is 2. The number of hydrazone groups is 1. The molecule has 3 aliphatic rings. The van der Waals surface area contributed by atoms with E-state index in [2.05, 4.69) is 45.7 Å². The van der Waals surface area contributed by atoms with Gasteiger partial charge in [0, 0.05) is 49.0 Å². The number of carboxylic acid groups (broad SMARTS) is 1. The van der Waals surface area contributed by atoms with E-state index in [9.17, 15) is 19.1 Å². The van der Waals surface area contributed by atoms with Gasteiger partial charge in [-0.05, 0) is 6.54 Å². The molecular weight excluding hydrogens is 541 g/mol. The first kappa shape index (κ1) is 28.0. The Morgan fingerprint density at radius 2 is 2.26 bits per heavy atom. The van der Waals surface area contributed by atoms with Crippen molar-refractivity contribution >= 4 is 52.2 Å². The highest BCUT2D eigenvalue weighted by molar-refractivity contribution is 8.00. The van der Waals surface area contributed by atoms with E-state index in [0.29, 0.717) is 17.9 Å². The SMILES string of the molecule is CCNCCNC1NCCN1/N=C/C1=C(C(=O)O)N2CC(NC(=O)/C(=N/OCF)c3nsc(N)n3)C2SC1. The maximum absolute atomic E-state index is 12.8. The monoisotopic (exact) mass is 571 g/mol. The molecule has 208 valence electrons. The molecule has 2 saturated heterocycles. The van der Waals surface area contributed by atoms with Gasteiger partial charge in [-0.25, -0.2) is 9.18 Å². The van der Waals surface area contributed by atoms with Crippen molar-refractivity contribution in [1.82, 2.24) is 40.5 Å². The number of carboxylic acids is 1. The van der Waals surface area contributed by atoms with Crippen LogP contribution in [-0.4, -0.2) is 118 Å². The lowest BCUT2D eigenvalue weighted by Gasteiger charge is -2.51. The Morgan fingerprint density at radius 1 is 1.42 bits per heavy atom. The fraction of sp³-hybridized carbons (Fsp3) is 0.600. The highest BCUT2D eigenvalue weighted by Crippen LogP contribution is 2.39. The Bertz CT molecular complexity index is 1100. The van der Waals surface area contributed by atoms with E-state index in [1.165, 1.54) is 11.8 Å². The van der Waals surface area contributed by atoms with Crippen LogP contribution in [0, 0.1) is 0 Å². The summed E-state index contributed by atoms with van der Waals surface area (Å²) >= 11 is 2.34. The summed E-state index contributed by atoms with van der Waals surface area (Å²) in [6.45, 7) is 5.01. The number of likely N-dealkylation sites (N-methyl/N-ethyl adjacent to an activating group) is 1. The van der Waals surface area contributed by atoms with Gasteiger partial charge in [0.05, 0.1) is 24.2 Å². The van der Waals surface area contributed by atoms with E-state index in [0.717, 1.165) is 37.7 Å². The summed E-state index contributed by atoms with van der Waals surface area (Å²) in [6.07, 6.45) is 1.47. The number of nitrogens with one attached hydrogen (secondary N) is 4. The third-order valence-electron chi connectivity index (χ3n) is 5.87. The van der Waals surface area contributed by atoms with Crippen LogP contribution >= 0.6 is 23.3 Å². The normalized spacial score (nSPS) is 23.5. The fourth-order valence-electron chi connectivity index (χ4n) is 4.12. The first-order chi connectivity index (χ1) is 18.4. The molecule has 4 rings (SSSR count). The maximum Gasteiger partial charge on any atom is 0.352 e. The molecule has 0 aliphatic carbocycles. The summed E-state index contributed by atoms with van der Waals surface area (Å²) in [6, 6.07) is -0.389. The van der Waals surface area contributed by atoms with Crippen LogP contribution in [0.4, 0.5) is 9.52 Å². The minimum Gasteiger partial charge on any atom is -0.477 e. The molecule has 2 fully saturated rings. The van der Waals surface area contributed by atoms with Gasteiger partial charge in [-0.1, -0.05) is 12.1 Å². The van der Waals surface area contributed by atoms with Gasteiger partial charge in [-0.15, -0.1) is 11.8 Å². The number of halogens is 1. The summed E-state index contributed by atoms with van der Waals surface area (Å²) in [5.74, 6) is -1.43. The second kappa shape index (κ2) is 13.1. The Kier molecular flexibility index (Phi) is 9.67. The number of hydrogen-bond donors (Lipinski definition) is 6. The van der Waals surface area contributed by atoms with Gasteiger partial charge >= 0.3 is 5.97 Å². The molecule has 1 amide bonds. The molecule has 3 aliphatic heterocycles. The van der Waals surface area contributed by atoms with Gasteiger partial charge in [0.1, 0.15) is 5.70 Å². The second-order valence-corrected chi connectivity index (χ2v) is 10.2. The molecule has 0 radical (unpaired) electrons. The van der Waals surface area contributed by atoms with Crippen molar-refractivity contribution in [1.29, 1.82) is 0 Å². The topological polar surface area (TPSA) is 195 Å². The van der Waals surface area contributed by atoms with Gasteiger partial charge in [-0.3, -0.25) is 20.4 Å². The predicted octanol–water partition coefficient (Wildman–Crippen LogP) is -1.65. The highest BCUT2D eigenvalue weighted by Gasteiger charge is 2.47. The molecule has 15 nitrogen and oxygen atoms in total. The number of carbonyl (C=O) groups excluding carboxylic acids is 1. The summed E-state index contributed by atoms with van der Waals surface area (Å²) in [5, 5.41) is 32.4. The van der Waals surface area contributed by atoms with E-state index < -0.39 is 18.7 Å². The molecule has 7 N–H and O–H groups in total. The summed E-state index contributed by atoms with van der Waals surface area (Å²) in [7, 11) is 0. The molecule has 38 heavy (non-hydrogen) atoms. The van der Waals surface area contributed by atoms with Crippen molar-refractivity contribution < 1.29 is 23.9 Å². The van der Waals surface area contributed by atoms with Crippen LogP contribution in [0.1, 0.15) is 12.7 Å². The zero-order valence-corrected chi connectivity index (χ0v) is 22.2. The average Bonchev–Trinajstić information content (AvgIpc) is 3.52. The number of hydrogen-bond acceptors (Lipinski definition) is 15. The van der Waals surface area contributed by atoms with Crippen molar-refractivity contribution in [3.05, 3.63) is 17.1 Å². The van der Waals surface area contributed by atoms with Crippen molar-refractivity contribution in [2.24, 2.45) is 10.3 Å². The Balaban J connectivity index is 1.40. The number of alkyl halides is 1. The number of oxime groups is 1. The van der Waals surface area contributed by atoms with Crippen LogP contribution in [0.5, 0.6) is 0 Å². The van der Waals surface area contributed by atoms with Crippen molar-refractivity contribution in [3.63, 3.8) is 0 Å². The largest absolute Gasteiger partial charge is 0.477 e. The van der Waals surface area contributed by atoms with E-state index >= 15 is 0 Å². The molecule has 18 heteroatoms. The van der Waals surface area contributed by atoms with Crippen molar-refractivity contribution in [2.75, 3.05) is 57.6 Å². The third-order valence-corrected chi connectivity index (χ3v) is 7.81. The first-order valence-electron chi connectivity index (χ1n) is 11.9. The average molecular weight is 572 g/mol. The van der Waals surface area contributed by atoms with Crippen LogP contribution in [0.15, 0.2) is 21.5 Å². The van der Waals surface area contributed by atoms with Gasteiger partial charge in [-0.2, -0.15) is 14.5 Å². The number of nitrogens with two attached hydrogens (primary N) is 1. The van der Waals surface area contributed by atoms with Crippen LogP contribution in [0.3, 0.4) is 0 Å². The van der Waals surface area contributed by atoms with Crippen LogP contribution in [0.25, 0.3) is 0 Å². The lowest BCUT2D eigenvalue weighted by molar-refractivity contribution is -0.135. The molecular formula is C20H30FN11O4S2. The van der Waals surface area contributed by atoms with Crippen LogP contribution in [0.2, 0.25) is 0 Å². The number of fused-ring (bicyclic) bond motifs is 1. The van der Waals surface area contributed by atoms with Gasteiger partial charge in [0.25, 0.3) is 12.8 Å². The van der Waals surface area contributed by atoms with Gasteiger partial charge in [0.15, 0.2) is 11.4 Å². The Morgan fingerprint density at radius 3 is 2.97 bits per heavy atom. The number of thioether (sulfide) groups is 1. The summed E-state index contributed by atoms with van der Waals surface area (Å²) in [5.41, 5.74) is 6.00. The predicted molar refractivity (Wildman–Crippen MR) is 141 cm³/mol. The number of amides is 1. The minimum absolute atomic E-state index is 0.0821. The lowest BCUT2D eigenvalue weighted by Crippen LogP contribution is -2.67. The fourth-order valence-corrected chi connectivity index (χ4v) is 5.88. The number of aromatic nitrogens is 2. The summed E-state index contributed by atoms with van der Waals surface area (Å²) in [4.78, 5) is 35.0. The van der Waals surface area contributed by atoms with Gasteiger partial charge < -0.3 is 31.2 Å². The minimum atomic E-state index is -1.23. The standard InChI is InChI=1S/C20H30FN11O4S2/c1-2-23-3-4-24-20-25-5-6-32(20)26-7-11-9-37-17-12(8-31(17)14(11)18(34)35)27-16(33)13(29-36-10-21)15-28-19(22)38-30-15/h7,12,17,20,23-25H,2-6,8-10H2,1H3,(H,27,33)(H,34,35)(H2,22,28,30)/b26-7+,29-13+. The Hall–Kier alpha value is -3.06. The molecule has 3 unspecified atom stereocenters. The van der Waals surface area contributed by atoms with E-state index in [1.54, 1.807) is 11.1 Å². The van der Waals surface area contributed by atoms with Crippen molar-refractivity contribution in [3.8, 4) is 0 Å². The molecule has 3 atom stereocenters. The number of anilines is 1. The van der Waals surface area contributed by atoms with Gasteiger partial charge in [0.2, 0.25) is 11.5 Å². The van der Waals surface area contributed by atoms with E-state index in [4.69, 9.17) is 5.73 Å². The number of nitrogen functional groups attached to an aromatic ring is 1. The second-order valence-electron chi connectivity index (χ2n) is 8.32. The molecule has 4 heterocycles. The molecule has 0 aromatic carbocycles. The highest BCUT2D eigenvalue weighted by atomic mass is 32.2. The number of nitrogens with zero attached hydrogens (tertiary/aromatic N) is 6. The van der Waals surface area contributed by atoms with Crippen LogP contribution < -0.4 is 27.0 Å². The summed E-state index contributed by atoms with van der Waals surface area (Å²) < 4.78 is 16.4. The maximum atomic E-state index is 12.8. The smallest absolute Gasteiger partial charge is 0.352 e. The Labute approximate surface area is 226 Å². The first-order valence-corrected chi connectivity index (χ1v) is 13.7. The third kappa shape index (κ3) is 6.49.